The summed E-state index contributed by atoms with van der Waals surface area (Å²) in [6.45, 7) is 8.06. The summed E-state index contributed by atoms with van der Waals surface area (Å²) in [5, 5.41) is 15.7. The molecule has 142 valence electrons. The number of carboxylic acids is 1. The van der Waals surface area contributed by atoms with E-state index in [-0.39, 0.29) is 10.8 Å². The van der Waals surface area contributed by atoms with E-state index in [1.54, 1.807) is 27.8 Å². The van der Waals surface area contributed by atoms with Gasteiger partial charge in [0, 0.05) is 7.05 Å². The number of aryl methyl sites for hydroxylation is 2. The summed E-state index contributed by atoms with van der Waals surface area (Å²) >= 11 is 0. The van der Waals surface area contributed by atoms with Crippen LogP contribution in [-0.4, -0.2) is 47.3 Å². The summed E-state index contributed by atoms with van der Waals surface area (Å²) in [7, 11) is -2.34. The van der Waals surface area contributed by atoms with E-state index in [0.29, 0.717) is 17.8 Å². The predicted octanol–water partition coefficient (Wildman–Crippen LogP) is 0.319. The molecule has 1 amide bonds. The number of carbonyl (C=O) groups is 2. The summed E-state index contributed by atoms with van der Waals surface area (Å²) in [6.07, 6.45) is 0.561. The van der Waals surface area contributed by atoms with Crippen molar-refractivity contribution in [2.45, 2.75) is 58.0 Å². The van der Waals surface area contributed by atoms with Crippen LogP contribution in [-0.2, 0) is 26.7 Å². The number of nitrogens with zero attached hydrogens (tertiary/aromatic N) is 2. The van der Waals surface area contributed by atoms with Crippen molar-refractivity contribution in [3.05, 3.63) is 11.4 Å². The van der Waals surface area contributed by atoms with Gasteiger partial charge in [-0.15, -0.1) is 0 Å². The quantitative estimate of drug-likeness (QED) is 0.601. The molecule has 0 spiro atoms. The minimum atomic E-state index is -3.97. The number of aliphatic carboxylic acids is 1. The Morgan fingerprint density at radius 3 is 2.24 bits per heavy atom. The molecule has 10 heteroatoms. The van der Waals surface area contributed by atoms with Crippen LogP contribution in [0.4, 0.5) is 0 Å². The van der Waals surface area contributed by atoms with Gasteiger partial charge in [-0.05, 0) is 26.7 Å². The molecule has 9 nitrogen and oxygen atoms in total. The lowest BCUT2D eigenvalue weighted by atomic mass is 9.99. The van der Waals surface area contributed by atoms with Crippen molar-refractivity contribution in [1.82, 2.24) is 19.8 Å². The number of nitrogens with one attached hydrogen (secondary N) is 2. The average molecular weight is 374 g/mol. The van der Waals surface area contributed by atoms with Crippen molar-refractivity contribution in [3.63, 3.8) is 0 Å². The second kappa shape index (κ2) is 7.96. The van der Waals surface area contributed by atoms with Crippen molar-refractivity contribution in [2.24, 2.45) is 13.0 Å². The van der Waals surface area contributed by atoms with E-state index < -0.39 is 34.0 Å². The molecule has 1 aromatic heterocycles. The van der Waals surface area contributed by atoms with Crippen molar-refractivity contribution in [3.8, 4) is 0 Å². The number of hydrogen-bond acceptors (Lipinski definition) is 5. The first kappa shape index (κ1) is 21.1. The average Bonchev–Trinajstić information content (AvgIpc) is 2.76. The number of aromatic nitrogens is 2. The Balaban J connectivity index is 2.95. The fourth-order valence-corrected chi connectivity index (χ4v) is 4.09. The number of hydrogen-bond donors (Lipinski definition) is 3. The second-order valence-electron chi connectivity index (χ2n) is 6.18. The third-order valence-corrected chi connectivity index (χ3v) is 6.01. The van der Waals surface area contributed by atoms with E-state index >= 15 is 0 Å². The fourth-order valence-electron chi connectivity index (χ4n) is 2.45. The van der Waals surface area contributed by atoms with E-state index in [4.69, 9.17) is 0 Å². The van der Waals surface area contributed by atoms with Crippen LogP contribution in [0.3, 0.4) is 0 Å². The maximum Gasteiger partial charge on any atom is 0.326 e. The van der Waals surface area contributed by atoms with Crippen LogP contribution in [0.15, 0.2) is 4.90 Å². The van der Waals surface area contributed by atoms with Crippen LogP contribution in [0, 0.1) is 19.8 Å². The summed E-state index contributed by atoms with van der Waals surface area (Å²) in [4.78, 5) is 23.6. The van der Waals surface area contributed by atoms with Gasteiger partial charge in [0.15, 0.2) is 0 Å². The lowest BCUT2D eigenvalue weighted by Gasteiger charge is -2.22. The van der Waals surface area contributed by atoms with Gasteiger partial charge in [0.1, 0.15) is 10.9 Å². The van der Waals surface area contributed by atoms with Crippen LogP contribution < -0.4 is 10.0 Å². The standard InChI is InChI=1S/C15H26N4O5S/c1-7-8(2)12(15(21)22)16-14(20)10(4)18-25(23,24)13-9(3)17-19(6)11(13)5/h8,10,12,18H,7H2,1-6H3,(H,16,20)(H,21,22). The van der Waals surface area contributed by atoms with Gasteiger partial charge in [0.25, 0.3) is 0 Å². The van der Waals surface area contributed by atoms with Crippen LogP contribution in [0.25, 0.3) is 0 Å². The maximum atomic E-state index is 12.6. The highest BCUT2D eigenvalue weighted by atomic mass is 32.2. The van der Waals surface area contributed by atoms with Crippen molar-refractivity contribution in [1.29, 1.82) is 0 Å². The summed E-state index contributed by atoms with van der Waals surface area (Å²) in [5.41, 5.74) is 0.767. The van der Waals surface area contributed by atoms with E-state index in [9.17, 15) is 23.1 Å². The summed E-state index contributed by atoms with van der Waals surface area (Å²) in [6, 6.07) is -2.21. The first-order valence-electron chi connectivity index (χ1n) is 7.98. The summed E-state index contributed by atoms with van der Waals surface area (Å²) in [5.74, 6) is -2.14. The normalized spacial score (nSPS) is 15.4. The maximum absolute atomic E-state index is 12.6. The molecule has 1 heterocycles. The Morgan fingerprint density at radius 2 is 1.84 bits per heavy atom. The summed E-state index contributed by atoms with van der Waals surface area (Å²) < 4.78 is 28.8. The lowest BCUT2D eigenvalue weighted by molar-refractivity contribution is -0.143. The topological polar surface area (TPSA) is 130 Å². The molecule has 0 saturated carbocycles. The second-order valence-corrected chi connectivity index (χ2v) is 7.83. The third kappa shape index (κ3) is 4.79. The molecular formula is C15H26N4O5S. The fraction of sp³-hybridized carbons (Fsp3) is 0.667. The van der Waals surface area contributed by atoms with Crippen molar-refractivity contribution < 1.29 is 23.1 Å². The van der Waals surface area contributed by atoms with Crippen molar-refractivity contribution >= 4 is 21.9 Å². The molecule has 25 heavy (non-hydrogen) atoms. The Hall–Kier alpha value is -1.94. The molecule has 0 aliphatic heterocycles. The molecule has 1 aromatic rings. The Labute approximate surface area is 147 Å². The van der Waals surface area contributed by atoms with Gasteiger partial charge in [-0.25, -0.2) is 13.2 Å². The van der Waals surface area contributed by atoms with E-state index in [1.165, 1.54) is 11.6 Å². The van der Waals surface area contributed by atoms with Gasteiger partial charge in [-0.1, -0.05) is 20.3 Å². The van der Waals surface area contributed by atoms with Gasteiger partial charge < -0.3 is 10.4 Å². The minimum absolute atomic E-state index is 0.0198. The minimum Gasteiger partial charge on any atom is -0.480 e. The van der Waals surface area contributed by atoms with E-state index in [2.05, 4.69) is 15.1 Å². The van der Waals surface area contributed by atoms with Crippen LogP contribution in [0.5, 0.6) is 0 Å². The number of carbonyl (C=O) groups excluding carboxylic acids is 1. The number of carboxylic acid groups (broad SMARTS) is 1. The molecule has 0 saturated heterocycles. The Bertz CT molecular complexity index is 756. The molecule has 1 rings (SSSR count). The van der Waals surface area contributed by atoms with Crippen molar-refractivity contribution in [2.75, 3.05) is 0 Å². The SMILES string of the molecule is CCC(C)C(NC(=O)C(C)NS(=O)(=O)c1c(C)nn(C)c1C)C(=O)O. The van der Waals surface area contributed by atoms with Gasteiger partial charge in [0.05, 0.1) is 17.4 Å². The molecular weight excluding hydrogens is 348 g/mol. The lowest BCUT2D eigenvalue weighted by Crippen LogP contribution is -2.52. The predicted molar refractivity (Wildman–Crippen MR) is 91.5 cm³/mol. The molecule has 0 fully saturated rings. The van der Waals surface area contributed by atoms with Gasteiger partial charge in [-0.3, -0.25) is 9.48 Å². The molecule has 3 atom stereocenters. The first-order valence-corrected chi connectivity index (χ1v) is 9.46. The Kier molecular flexibility index (Phi) is 6.72. The largest absolute Gasteiger partial charge is 0.480 e. The van der Waals surface area contributed by atoms with E-state index in [1.807, 2.05) is 6.92 Å². The molecule has 3 N–H and O–H groups in total. The highest BCUT2D eigenvalue weighted by Crippen LogP contribution is 2.18. The van der Waals surface area contributed by atoms with Crippen LogP contribution >= 0.6 is 0 Å². The highest BCUT2D eigenvalue weighted by Gasteiger charge is 2.31. The first-order chi connectivity index (χ1) is 11.4. The smallest absolute Gasteiger partial charge is 0.326 e. The monoisotopic (exact) mass is 374 g/mol. The highest BCUT2D eigenvalue weighted by molar-refractivity contribution is 7.89. The zero-order valence-corrected chi connectivity index (χ0v) is 16.1. The van der Waals surface area contributed by atoms with Crippen LogP contribution in [0.2, 0.25) is 0 Å². The number of sulfonamides is 1. The van der Waals surface area contributed by atoms with Gasteiger partial charge >= 0.3 is 5.97 Å². The molecule has 0 aliphatic carbocycles. The number of rotatable bonds is 8. The van der Waals surface area contributed by atoms with Crippen LogP contribution in [0.1, 0.15) is 38.6 Å². The zero-order valence-electron chi connectivity index (χ0n) is 15.3. The zero-order chi connectivity index (χ0) is 19.5. The van der Waals surface area contributed by atoms with Gasteiger partial charge in [-0.2, -0.15) is 9.82 Å². The molecule has 0 bridgehead atoms. The van der Waals surface area contributed by atoms with Gasteiger partial charge in [0.2, 0.25) is 15.9 Å². The Morgan fingerprint density at radius 1 is 1.28 bits per heavy atom. The molecule has 3 unspecified atom stereocenters. The molecule has 0 radical (unpaired) electrons. The molecule has 0 aromatic carbocycles. The number of amides is 1. The molecule has 0 aliphatic rings. The van der Waals surface area contributed by atoms with E-state index in [0.717, 1.165) is 0 Å². The third-order valence-electron chi connectivity index (χ3n) is 4.21.